The molecule has 0 aromatic heterocycles. The molecule has 0 saturated carbocycles. The monoisotopic (exact) mass is 412 g/mol. The molecule has 0 saturated heterocycles. The van der Waals surface area contributed by atoms with Crippen molar-refractivity contribution in [3.8, 4) is 0 Å². The molecule has 0 heterocycles. The van der Waals surface area contributed by atoms with Crippen LogP contribution in [0.3, 0.4) is 0 Å². The van der Waals surface area contributed by atoms with Crippen LogP contribution in [-0.2, 0) is 12.4 Å². The number of rotatable bonds is 3. The summed E-state index contributed by atoms with van der Waals surface area (Å²) in [5.74, 6) is -2.69. The standard InChI is InChI=1S/C7H5ClF2.C7H5F2N3.CH4.N3.Na/c8-4-5-6(9)2-1-3-7(5)10;8-6-2-1-3-7(9)5(6)4-11-12-10;;1-3-2;/h1-3H,4H2;1-3H,4H2;1H4;;/q;;;-1;+1. The number of azide groups is 1. The zero-order chi connectivity index (χ0) is 19.2. The molecule has 0 aliphatic heterocycles. The third kappa shape index (κ3) is 11.4. The Morgan fingerprint density at radius 1 is 0.815 bits per heavy atom. The molecule has 0 amide bonds. The number of benzene rings is 2. The van der Waals surface area contributed by atoms with E-state index in [2.05, 4.69) is 10.0 Å². The summed E-state index contributed by atoms with van der Waals surface area (Å²) in [6.45, 7) is -0.297. The van der Waals surface area contributed by atoms with Crippen LogP contribution in [0, 0.1) is 23.3 Å². The maximum Gasteiger partial charge on any atom is 1.00 e. The van der Waals surface area contributed by atoms with Gasteiger partial charge in [-0.3, -0.25) is 4.91 Å². The Kier molecular flexibility index (Phi) is 19.3. The normalized spacial score (nSPS) is 8.04. The zero-order valence-corrected chi connectivity index (χ0v) is 16.2. The predicted molar refractivity (Wildman–Crippen MR) is 91.9 cm³/mol. The van der Waals surface area contributed by atoms with Gasteiger partial charge in [0.1, 0.15) is 23.3 Å². The first-order valence-corrected chi connectivity index (χ1v) is 6.87. The largest absolute Gasteiger partial charge is 1.00 e. The fourth-order valence-electron chi connectivity index (χ4n) is 1.45. The molecule has 0 N–H and O–H groups in total. The average molecular weight is 413 g/mol. The number of alkyl halides is 1. The number of nitrogens with zero attached hydrogens (tertiary/aromatic N) is 6. The van der Waals surface area contributed by atoms with E-state index in [0.29, 0.717) is 0 Å². The Morgan fingerprint density at radius 2 is 1.15 bits per heavy atom. The van der Waals surface area contributed by atoms with Gasteiger partial charge in [-0.05, 0) is 29.8 Å². The maximum absolute atomic E-state index is 12.8. The summed E-state index contributed by atoms with van der Waals surface area (Å²) in [6.07, 6.45) is 0. The first-order chi connectivity index (χ1) is 11.9. The van der Waals surface area contributed by atoms with Crippen LogP contribution in [0.5, 0.6) is 0 Å². The van der Waals surface area contributed by atoms with E-state index in [9.17, 15) is 17.6 Å². The van der Waals surface area contributed by atoms with Crippen molar-refractivity contribution < 1.29 is 47.1 Å². The molecule has 0 aliphatic carbocycles. The van der Waals surface area contributed by atoms with Crippen LogP contribution >= 0.6 is 11.6 Å². The fraction of sp³-hybridized carbons (Fsp3) is 0.200. The predicted octanol–water partition coefficient (Wildman–Crippen LogP) is 3.98. The van der Waals surface area contributed by atoms with Crippen LogP contribution in [0.1, 0.15) is 18.6 Å². The fourth-order valence-corrected chi connectivity index (χ4v) is 1.70. The molecule has 2 rings (SSSR count). The molecule has 2 aromatic carbocycles. The van der Waals surface area contributed by atoms with Gasteiger partial charge in [0.05, 0.1) is 12.4 Å². The van der Waals surface area contributed by atoms with E-state index in [4.69, 9.17) is 28.2 Å². The van der Waals surface area contributed by atoms with E-state index in [1.54, 1.807) is 0 Å². The smallest absolute Gasteiger partial charge is 0.373 e. The van der Waals surface area contributed by atoms with Crippen molar-refractivity contribution in [2.24, 2.45) is 5.11 Å². The van der Waals surface area contributed by atoms with Gasteiger partial charge in [0.2, 0.25) is 0 Å². The first-order valence-electron chi connectivity index (χ1n) is 6.33. The van der Waals surface area contributed by atoms with Crippen LogP contribution in [0.2, 0.25) is 0 Å². The summed E-state index contributed by atoms with van der Waals surface area (Å²) >= 11 is 5.26. The van der Waals surface area contributed by atoms with Crippen molar-refractivity contribution in [1.29, 1.82) is 0 Å². The van der Waals surface area contributed by atoms with Gasteiger partial charge in [-0.1, -0.05) is 24.7 Å². The van der Waals surface area contributed by atoms with E-state index >= 15 is 0 Å². The Hall–Kier alpha value is -1.93. The van der Waals surface area contributed by atoms with E-state index in [1.165, 1.54) is 29.2 Å². The second-order valence-electron chi connectivity index (χ2n) is 4.01. The van der Waals surface area contributed by atoms with Crippen molar-refractivity contribution in [2.75, 3.05) is 0 Å². The van der Waals surface area contributed by atoms with Crippen molar-refractivity contribution in [3.63, 3.8) is 0 Å². The average Bonchev–Trinajstić information content (AvgIpc) is 2.56. The molecule has 0 atom stereocenters. The van der Waals surface area contributed by atoms with Crippen LogP contribution in [0.25, 0.3) is 26.4 Å². The van der Waals surface area contributed by atoms with E-state index in [1.807, 2.05) is 0 Å². The topological polar surface area (TPSA) is 107 Å². The minimum Gasteiger partial charge on any atom is -0.373 e. The second-order valence-corrected chi connectivity index (χ2v) is 4.28. The summed E-state index contributed by atoms with van der Waals surface area (Å²) in [6, 6.07) is 7.16. The van der Waals surface area contributed by atoms with Crippen LogP contribution in [0.15, 0.2) is 41.5 Å². The van der Waals surface area contributed by atoms with Crippen molar-refractivity contribution in [2.45, 2.75) is 19.9 Å². The van der Waals surface area contributed by atoms with E-state index < -0.39 is 23.3 Å². The molecule has 0 fully saturated rings. The molecule has 0 spiro atoms. The second kappa shape index (κ2) is 17.5. The Bertz CT molecular complexity index is 740. The van der Waals surface area contributed by atoms with Crippen molar-refractivity contribution >= 4 is 11.6 Å². The zero-order valence-electron chi connectivity index (χ0n) is 13.5. The molecule has 0 unspecified atom stereocenters. The van der Waals surface area contributed by atoms with Crippen LogP contribution in [-0.4, -0.2) is 0 Å². The van der Waals surface area contributed by atoms with Gasteiger partial charge >= 0.3 is 29.6 Å². The molecule has 0 radical (unpaired) electrons. The molecular weight excluding hydrogens is 399 g/mol. The molecule has 0 aliphatic rings. The summed E-state index contributed by atoms with van der Waals surface area (Å²) in [7, 11) is 0. The van der Waals surface area contributed by atoms with Crippen LogP contribution in [0.4, 0.5) is 17.6 Å². The van der Waals surface area contributed by atoms with Gasteiger partial charge in [0.15, 0.2) is 0 Å². The third-order valence-corrected chi connectivity index (χ3v) is 2.82. The SMILES string of the molecule is C.Fc1cccc(F)c1CCl.[N-]=[N+]=NCc1c(F)cccc1F.[N-]=[N+]=[N-].[Na+]. The number of halogens is 5. The van der Waals surface area contributed by atoms with Gasteiger partial charge in [-0.25, -0.2) is 17.6 Å². The molecule has 12 heteroatoms. The van der Waals surface area contributed by atoms with Gasteiger partial charge < -0.3 is 11.1 Å². The van der Waals surface area contributed by atoms with Gasteiger partial charge in [-0.2, -0.15) is 0 Å². The molecule has 0 bridgehead atoms. The van der Waals surface area contributed by atoms with Gasteiger partial charge in [0, 0.05) is 16.0 Å². The Balaban J connectivity index is -0.000000353. The van der Waals surface area contributed by atoms with E-state index in [-0.39, 0.29) is 60.5 Å². The first kappa shape index (κ1) is 29.8. The molecular formula is C15H14ClF4N6Na. The van der Waals surface area contributed by atoms with Crippen molar-refractivity contribution in [1.82, 2.24) is 0 Å². The Morgan fingerprint density at radius 3 is 1.41 bits per heavy atom. The quantitative estimate of drug-likeness (QED) is 0.181. The summed E-state index contributed by atoms with van der Waals surface area (Å²) in [5, 5.41) is 3.06. The number of hydrogen-bond acceptors (Lipinski definition) is 1. The minimum absolute atomic E-state index is 0. The van der Waals surface area contributed by atoms with Gasteiger partial charge in [-0.15, -0.1) is 11.6 Å². The summed E-state index contributed by atoms with van der Waals surface area (Å²) < 4.78 is 50.6. The molecule has 140 valence electrons. The summed E-state index contributed by atoms with van der Waals surface area (Å²) in [4.78, 5) is 3.90. The Labute approximate surface area is 180 Å². The van der Waals surface area contributed by atoms with Gasteiger partial charge in [0.25, 0.3) is 0 Å². The third-order valence-electron chi connectivity index (χ3n) is 2.55. The van der Waals surface area contributed by atoms with Crippen molar-refractivity contribution in [3.05, 3.63) is 97.2 Å². The van der Waals surface area contributed by atoms with Crippen LogP contribution < -0.4 is 29.6 Å². The molecule has 27 heavy (non-hydrogen) atoms. The molecule has 2 aromatic rings. The van der Waals surface area contributed by atoms with E-state index in [0.717, 1.165) is 12.1 Å². The molecule has 6 nitrogen and oxygen atoms in total. The maximum atomic E-state index is 12.8. The minimum atomic E-state index is -0.692. The number of hydrogen-bond donors (Lipinski definition) is 0. The summed E-state index contributed by atoms with van der Waals surface area (Å²) in [5.41, 5.74) is 21.2.